The van der Waals surface area contributed by atoms with Crippen LogP contribution in [0.4, 0.5) is 9.80 Å². The maximum Gasteiger partial charge on any atom is 0.408 e. The number of rotatable bonds is 8. The zero-order chi connectivity index (χ0) is 20.6. The lowest BCUT2D eigenvalue weighted by atomic mass is 9.75. The standard InChI is InChI=1S/C21H26N4O2S/c1-5-7-8-11-21(24-20(26)27-13-6-2)12-9-10-17-18(21)16(14-22)19(28-17)23-15-25(3)4/h1,6,15H,2,7-13H2,3-4H3,(H,24,26)/b23-15+. The van der Waals surface area contributed by atoms with E-state index in [1.165, 1.54) is 17.4 Å². The number of nitrogens with one attached hydrogen (secondary N) is 1. The Hall–Kier alpha value is -2.77. The number of carbonyl (C=O) groups is 1. The Labute approximate surface area is 170 Å². The van der Waals surface area contributed by atoms with Gasteiger partial charge in [0.2, 0.25) is 0 Å². The van der Waals surface area contributed by atoms with Gasteiger partial charge in [0.25, 0.3) is 0 Å². The van der Waals surface area contributed by atoms with Crippen LogP contribution in [-0.4, -0.2) is 38.0 Å². The Bertz CT molecular complexity index is 829. The van der Waals surface area contributed by atoms with Gasteiger partial charge in [0, 0.05) is 31.0 Å². The molecule has 7 heteroatoms. The number of unbranched alkanes of at least 4 members (excludes halogenated alkanes) is 1. The quantitative estimate of drug-likeness (QED) is 0.235. The summed E-state index contributed by atoms with van der Waals surface area (Å²) >= 11 is 1.52. The van der Waals surface area contributed by atoms with Crippen molar-refractivity contribution in [3.63, 3.8) is 0 Å². The molecule has 1 amide bonds. The molecule has 1 unspecified atom stereocenters. The molecule has 0 saturated carbocycles. The molecule has 28 heavy (non-hydrogen) atoms. The van der Waals surface area contributed by atoms with E-state index >= 15 is 0 Å². The molecule has 0 aromatic carbocycles. The predicted octanol–water partition coefficient (Wildman–Crippen LogP) is 4.09. The topological polar surface area (TPSA) is 77.7 Å². The third-order valence-electron chi connectivity index (χ3n) is 4.56. The van der Waals surface area contributed by atoms with Crippen molar-refractivity contribution in [1.29, 1.82) is 5.26 Å². The Morgan fingerprint density at radius 3 is 3.00 bits per heavy atom. The summed E-state index contributed by atoms with van der Waals surface area (Å²) in [5, 5.41) is 13.6. The van der Waals surface area contributed by atoms with E-state index in [9.17, 15) is 10.1 Å². The van der Waals surface area contributed by atoms with E-state index in [4.69, 9.17) is 11.2 Å². The number of nitrogens with zero attached hydrogens (tertiary/aromatic N) is 3. The summed E-state index contributed by atoms with van der Waals surface area (Å²) in [6.45, 7) is 3.70. The molecule has 0 saturated heterocycles. The van der Waals surface area contributed by atoms with Gasteiger partial charge in [-0.2, -0.15) is 5.26 Å². The number of aliphatic imine (C=N–C) groups is 1. The molecule has 148 valence electrons. The van der Waals surface area contributed by atoms with Gasteiger partial charge in [0.15, 0.2) is 0 Å². The number of ether oxygens (including phenoxy) is 1. The molecule has 1 aliphatic rings. The van der Waals surface area contributed by atoms with E-state index in [2.05, 4.69) is 28.9 Å². The van der Waals surface area contributed by atoms with E-state index < -0.39 is 11.6 Å². The minimum Gasteiger partial charge on any atom is -0.445 e. The highest BCUT2D eigenvalue weighted by atomic mass is 32.1. The lowest BCUT2D eigenvalue weighted by molar-refractivity contribution is 0.136. The molecule has 1 atom stereocenters. The fraction of sp³-hybridized carbons (Fsp3) is 0.476. The Kier molecular flexibility index (Phi) is 7.66. The monoisotopic (exact) mass is 398 g/mol. The molecule has 2 rings (SSSR count). The lowest BCUT2D eigenvalue weighted by Crippen LogP contribution is -2.48. The molecule has 0 bridgehead atoms. The Morgan fingerprint density at radius 1 is 1.57 bits per heavy atom. The lowest BCUT2D eigenvalue weighted by Gasteiger charge is -2.38. The fourth-order valence-electron chi connectivity index (χ4n) is 3.48. The fourth-order valence-corrected chi connectivity index (χ4v) is 4.71. The van der Waals surface area contributed by atoms with Crippen molar-refractivity contribution in [3.8, 4) is 18.4 Å². The zero-order valence-corrected chi connectivity index (χ0v) is 17.3. The third kappa shape index (κ3) is 4.94. The normalized spacial score (nSPS) is 18.0. The Morgan fingerprint density at radius 2 is 2.36 bits per heavy atom. The van der Waals surface area contributed by atoms with Gasteiger partial charge in [-0.05, 0) is 32.1 Å². The smallest absolute Gasteiger partial charge is 0.408 e. The molecule has 0 spiro atoms. The Balaban J connectivity index is 2.50. The number of carbonyl (C=O) groups excluding carboxylic acids is 1. The minimum absolute atomic E-state index is 0.131. The van der Waals surface area contributed by atoms with Gasteiger partial charge in [-0.1, -0.05) is 12.7 Å². The van der Waals surface area contributed by atoms with Gasteiger partial charge in [-0.3, -0.25) is 0 Å². The summed E-state index contributed by atoms with van der Waals surface area (Å²) in [4.78, 5) is 19.8. The predicted molar refractivity (Wildman–Crippen MR) is 113 cm³/mol. The van der Waals surface area contributed by atoms with Crippen molar-refractivity contribution in [2.24, 2.45) is 4.99 Å². The molecular weight excluding hydrogens is 372 g/mol. The van der Waals surface area contributed by atoms with E-state index in [1.54, 1.807) is 6.34 Å². The molecule has 1 aromatic heterocycles. The number of terminal acetylenes is 1. The minimum atomic E-state index is -0.670. The van der Waals surface area contributed by atoms with Crippen molar-refractivity contribution in [2.75, 3.05) is 20.7 Å². The summed E-state index contributed by atoms with van der Waals surface area (Å²) in [6, 6.07) is 2.32. The van der Waals surface area contributed by atoms with Gasteiger partial charge >= 0.3 is 6.09 Å². The number of hydrogen-bond donors (Lipinski definition) is 1. The van der Waals surface area contributed by atoms with Gasteiger partial charge in [0.1, 0.15) is 17.7 Å². The second-order valence-corrected chi connectivity index (χ2v) is 7.99. The highest BCUT2D eigenvalue weighted by Gasteiger charge is 2.42. The summed E-state index contributed by atoms with van der Waals surface area (Å²) in [7, 11) is 3.76. The van der Waals surface area contributed by atoms with Crippen molar-refractivity contribution >= 4 is 28.8 Å². The van der Waals surface area contributed by atoms with Crippen LogP contribution in [-0.2, 0) is 16.7 Å². The molecular formula is C21H26N4O2S. The second kappa shape index (κ2) is 9.96. The number of fused-ring (bicyclic) bond motifs is 1. The third-order valence-corrected chi connectivity index (χ3v) is 5.72. The zero-order valence-electron chi connectivity index (χ0n) is 16.5. The maximum absolute atomic E-state index is 12.4. The van der Waals surface area contributed by atoms with E-state index in [0.29, 0.717) is 23.4 Å². The second-order valence-electron chi connectivity index (χ2n) is 6.91. The van der Waals surface area contributed by atoms with Gasteiger partial charge < -0.3 is 15.0 Å². The van der Waals surface area contributed by atoms with Crippen LogP contribution in [0, 0.1) is 23.7 Å². The molecule has 1 heterocycles. The van der Waals surface area contributed by atoms with Gasteiger partial charge in [-0.15, -0.1) is 23.7 Å². The number of alkyl carbamates (subject to hydrolysis) is 1. The molecule has 0 aliphatic heterocycles. The first-order valence-electron chi connectivity index (χ1n) is 9.23. The van der Waals surface area contributed by atoms with Crippen LogP contribution in [0.3, 0.4) is 0 Å². The van der Waals surface area contributed by atoms with Crippen molar-refractivity contribution in [1.82, 2.24) is 10.2 Å². The van der Waals surface area contributed by atoms with Crippen LogP contribution in [0.2, 0.25) is 0 Å². The first-order chi connectivity index (χ1) is 13.5. The van der Waals surface area contributed by atoms with Crippen molar-refractivity contribution in [2.45, 2.75) is 44.1 Å². The molecule has 0 fully saturated rings. The summed E-state index contributed by atoms with van der Waals surface area (Å²) in [5.41, 5.74) is 0.739. The molecule has 1 aromatic rings. The highest BCUT2D eigenvalue weighted by Crippen LogP contribution is 2.48. The first-order valence-corrected chi connectivity index (χ1v) is 10.0. The van der Waals surface area contributed by atoms with Gasteiger partial charge in [-0.25, -0.2) is 9.79 Å². The highest BCUT2D eigenvalue weighted by molar-refractivity contribution is 7.16. The van der Waals surface area contributed by atoms with Crippen LogP contribution in [0.5, 0.6) is 0 Å². The van der Waals surface area contributed by atoms with Crippen LogP contribution >= 0.6 is 11.3 Å². The van der Waals surface area contributed by atoms with E-state index in [0.717, 1.165) is 36.1 Å². The molecule has 6 nitrogen and oxygen atoms in total. The van der Waals surface area contributed by atoms with Crippen LogP contribution in [0.25, 0.3) is 0 Å². The van der Waals surface area contributed by atoms with Crippen molar-refractivity contribution < 1.29 is 9.53 Å². The molecule has 1 aliphatic carbocycles. The number of nitriles is 1. The molecule has 0 radical (unpaired) electrons. The average molecular weight is 399 g/mol. The molecule has 1 N–H and O–H groups in total. The summed E-state index contributed by atoms with van der Waals surface area (Å²) in [6.07, 6.45) is 12.6. The maximum atomic E-state index is 12.4. The SMILES string of the molecule is C#CCCCC1(NC(=O)OCC=C)CCCc2sc(/N=C/N(C)C)c(C#N)c21. The van der Waals surface area contributed by atoms with E-state index in [1.807, 2.05) is 19.0 Å². The average Bonchev–Trinajstić information content (AvgIpc) is 3.04. The van der Waals surface area contributed by atoms with Crippen LogP contribution in [0.1, 0.15) is 48.1 Å². The summed E-state index contributed by atoms with van der Waals surface area (Å²) in [5.74, 6) is 2.65. The van der Waals surface area contributed by atoms with Crippen molar-refractivity contribution in [3.05, 3.63) is 28.7 Å². The number of hydrogen-bond acceptors (Lipinski definition) is 5. The summed E-state index contributed by atoms with van der Waals surface area (Å²) < 4.78 is 5.18. The first kappa shape index (κ1) is 21.5. The number of thiophene rings is 1. The number of amides is 1. The van der Waals surface area contributed by atoms with E-state index in [-0.39, 0.29) is 6.61 Å². The largest absolute Gasteiger partial charge is 0.445 e. The number of aryl methyl sites for hydroxylation is 1. The van der Waals surface area contributed by atoms with Gasteiger partial charge in [0.05, 0.1) is 17.4 Å². The van der Waals surface area contributed by atoms with Crippen LogP contribution in [0.15, 0.2) is 17.6 Å². The van der Waals surface area contributed by atoms with Crippen LogP contribution < -0.4 is 5.32 Å².